The number of amides is 2. The number of ether oxygens (including phenoxy) is 1. The topological polar surface area (TPSA) is 89.7 Å². The molecule has 0 radical (unpaired) electrons. The number of primary amides is 1. The van der Waals surface area contributed by atoms with Crippen molar-refractivity contribution in [3.8, 4) is 0 Å². The van der Waals surface area contributed by atoms with Crippen LogP contribution in [-0.4, -0.2) is 41.9 Å². The maximum absolute atomic E-state index is 12.9. The molecule has 0 spiro atoms. The molecule has 0 unspecified atom stereocenters. The van der Waals surface area contributed by atoms with Crippen LogP contribution in [0.15, 0.2) is 60.7 Å². The van der Waals surface area contributed by atoms with Crippen LogP contribution < -0.4 is 5.73 Å². The van der Waals surface area contributed by atoms with Crippen molar-refractivity contribution < 1.29 is 19.1 Å². The first-order valence-electron chi connectivity index (χ1n) is 9.43. The van der Waals surface area contributed by atoms with Crippen molar-refractivity contribution in [1.29, 1.82) is 0 Å². The highest BCUT2D eigenvalue weighted by molar-refractivity contribution is 5.89. The Bertz CT molecular complexity index is 783. The van der Waals surface area contributed by atoms with Crippen LogP contribution in [0.2, 0.25) is 0 Å². The van der Waals surface area contributed by atoms with Crippen LogP contribution in [-0.2, 0) is 19.1 Å². The number of rotatable bonds is 6. The van der Waals surface area contributed by atoms with Crippen LogP contribution in [0.5, 0.6) is 0 Å². The molecule has 0 bridgehead atoms. The van der Waals surface area contributed by atoms with Gasteiger partial charge in [-0.3, -0.25) is 14.4 Å². The van der Waals surface area contributed by atoms with Gasteiger partial charge in [-0.05, 0) is 30.4 Å². The van der Waals surface area contributed by atoms with Crippen molar-refractivity contribution in [2.45, 2.75) is 31.2 Å². The number of carbonyl (C=O) groups is 3. The standard InChI is InChI=1S/C22H24N2O4/c23-21(26)18-13-7-8-14-24(18)19(25)15-28-22(27)20(16-9-3-1-4-10-16)17-11-5-2-6-12-17/h1-6,9-12,18,20H,7-8,13-15H2,(H2,23,26)/t18-/m0/s1. The second-order valence-electron chi connectivity index (χ2n) is 6.86. The molecule has 2 N–H and O–H groups in total. The van der Waals surface area contributed by atoms with Gasteiger partial charge in [0.25, 0.3) is 5.91 Å². The molecule has 0 aromatic heterocycles. The predicted octanol–water partition coefficient (Wildman–Crippen LogP) is 2.23. The number of likely N-dealkylation sites (tertiary alicyclic amines) is 1. The number of piperidine rings is 1. The molecule has 6 nitrogen and oxygen atoms in total. The van der Waals surface area contributed by atoms with E-state index < -0.39 is 36.4 Å². The Kier molecular flexibility index (Phi) is 6.42. The van der Waals surface area contributed by atoms with Crippen molar-refractivity contribution in [1.82, 2.24) is 4.90 Å². The van der Waals surface area contributed by atoms with E-state index in [4.69, 9.17) is 10.5 Å². The van der Waals surface area contributed by atoms with E-state index in [2.05, 4.69) is 0 Å². The molecule has 3 rings (SSSR count). The summed E-state index contributed by atoms with van der Waals surface area (Å²) in [5.74, 6) is -2.04. The molecule has 6 heteroatoms. The Hall–Kier alpha value is -3.15. The quantitative estimate of drug-likeness (QED) is 0.778. The summed E-state index contributed by atoms with van der Waals surface area (Å²) in [6.45, 7) is 0.0452. The zero-order valence-corrected chi connectivity index (χ0v) is 15.6. The zero-order valence-electron chi connectivity index (χ0n) is 15.6. The maximum Gasteiger partial charge on any atom is 0.318 e. The second-order valence-corrected chi connectivity index (χ2v) is 6.86. The van der Waals surface area contributed by atoms with Crippen LogP contribution in [0.25, 0.3) is 0 Å². The van der Waals surface area contributed by atoms with E-state index in [1.54, 1.807) is 0 Å². The average Bonchev–Trinajstić information content (AvgIpc) is 2.73. The molecule has 2 amide bonds. The summed E-state index contributed by atoms with van der Waals surface area (Å²) in [7, 11) is 0. The molecular formula is C22H24N2O4. The van der Waals surface area contributed by atoms with Gasteiger partial charge in [-0.1, -0.05) is 60.7 Å². The SMILES string of the molecule is NC(=O)[C@@H]1CCCCN1C(=O)COC(=O)C(c1ccccc1)c1ccccc1. The van der Waals surface area contributed by atoms with Crippen LogP contribution in [0, 0.1) is 0 Å². The van der Waals surface area contributed by atoms with E-state index >= 15 is 0 Å². The third-order valence-corrected chi connectivity index (χ3v) is 4.99. The fraction of sp³-hybridized carbons (Fsp3) is 0.318. The number of carbonyl (C=O) groups excluding carboxylic acids is 3. The molecule has 1 fully saturated rings. The summed E-state index contributed by atoms with van der Waals surface area (Å²) in [4.78, 5) is 38.5. The van der Waals surface area contributed by atoms with Gasteiger partial charge in [0, 0.05) is 6.54 Å². The number of hydrogen-bond acceptors (Lipinski definition) is 4. The van der Waals surface area contributed by atoms with E-state index in [0.29, 0.717) is 13.0 Å². The molecule has 2 aromatic carbocycles. The van der Waals surface area contributed by atoms with Crippen molar-refractivity contribution in [3.05, 3.63) is 71.8 Å². The molecule has 28 heavy (non-hydrogen) atoms. The van der Waals surface area contributed by atoms with Crippen molar-refractivity contribution in [2.24, 2.45) is 5.73 Å². The highest BCUT2D eigenvalue weighted by Crippen LogP contribution is 2.26. The third kappa shape index (κ3) is 4.57. The minimum absolute atomic E-state index is 0.392. The Morgan fingerprint density at radius 1 is 0.964 bits per heavy atom. The molecular weight excluding hydrogens is 356 g/mol. The minimum atomic E-state index is -0.626. The van der Waals surface area contributed by atoms with Gasteiger partial charge in [0.2, 0.25) is 5.91 Å². The number of nitrogens with two attached hydrogens (primary N) is 1. The molecule has 2 aromatic rings. The fourth-order valence-electron chi connectivity index (χ4n) is 3.58. The smallest absolute Gasteiger partial charge is 0.318 e. The third-order valence-electron chi connectivity index (χ3n) is 4.99. The predicted molar refractivity (Wildman–Crippen MR) is 104 cm³/mol. The van der Waals surface area contributed by atoms with Crippen molar-refractivity contribution in [2.75, 3.05) is 13.2 Å². The molecule has 1 heterocycles. The second kappa shape index (κ2) is 9.17. The Morgan fingerprint density at radius 3 is 2.07 bits per heavy atom. The molecule has 1 atom stereocenters. The lowest BCUT2D eigenvalue weighted by Crippen LogP contribution is -2.51. The van der Waals surface area contributed by atoms with Gasteiger partial charge in [-0.15, -0.1) is 0 Å². The minimum Gasteiger partial charge on any atom is -0.455 e. The molecule has 0 aliphatic carbocycles. The van der Waals surface area contributed by atoms with Gasteiger partial charge in [0.05, 0.1) is 0 Å². The molecule has 1 aliphatic heterocycles. The first-order valence-corrected chi connectivity index (χ1v) is 9.43. The number of nitrogens with zero attached hydrogens (tertiary/aromatic N) is 1. The maximum atomic E-state index is 12.9. The van der Waals surface area contributed by atoms with Gasteiger partial charge in [-0.25, -0.2) is 0 Å². The average molecular weight is 380 g/mol. The van der Waals surface area contributed by atoms with Crippen LogP contribution in [0.1, 0.15) is 36.3 Å². The van der Waals surface area contributed by atoms with E-state index in [1.807, 2.05) is 60.7 Å². The summed E-state index contributed by atoms with van der Waals surface area (Å²) in [5, 5.41) is 0. The molecule has 1 aliphatic rings. The number of hydrogen-bond donors (Lipinski definition) is 1. The fourth-order valence-corrected chi connectivity index (χ4v) is 3.58. The lowest BCUT2D eigenvalue weighted by molar-refractivity contribution is -0.155. The normalized spacial score (nSPS) is 16.6. The summed E-state index contributed by atoms with van der Waals surface area (Å²) >= 11 is 0. The lowest BCUT2D eigenvalue weighted by Gasteiger charge is -2.33. The summed E-state index contributed by atoms with van der Waals surface area (Å²) < 4.78 is 5.37. The van der Waals surface area contributed by atoms with E-state index in [0.717, 1.165) is 24.0 Å². The van der Waals surface area contributed by atoms with E-state index in [9.17, 15) is 14.4 Å². The highest BCUT2D eigenvalue weighted by Gasteiger charge is 2.32. The molecule has 1 saturated heterocycles. The van der Waals surface area contributed by atoms with Crippen molar-refractivity contribution in [3.63, 3.8) is 0 Å². The first kappa shape index (κ1) is 19.6. The van der Waals surface area contributed by atoms with Crippen LogP contribution >= 0.6 is 0 Å². The van der Waals surface area contributed by atoms with Gasteiger partial charge in [-0.2, -0.15) is 0 Å². The largest absolute Gasteiger partial charge is 0.455 e. The lowest BCUT2D eigenvalue weighted by atomic mass is 9.91. The van der Waals surface area contributed by atoms with Gasteiger partial charge < -0.3 is 15.4 Å². The van der Waals surface area contributed by atoms with Crippen LogP contribution in [0.4, 0.5) is 0 Å². The van der Waals surface area contributed by atoms with Crippen molar-refractivity contribution >= 4 is 17.8 Å². The Labute approximate surface area is 164 Å². The number of esters is 1. The number of benzene rings is 2. The van der Waals surface area contributed by atoms with Crippen LogP contribution in [0.3, 0.4) is 0 Å². The molecule has 0 saturated carbocycles. The summed E-state index contributed by atoms with van der Waals surface area (Å²) in [6.07, 6.45) is 2.20. The monoisotopic (exact) mass is 380 g/mol. The van der Waals surface area contributed by atoms with E-state index in [1.165, 1.54) is 4.90 Å². The first-order chi connectivity index (χ1) is 13.6. The molecule has 146 valence electrons. The highest BCUT2D eigenvalue weighted by atomic mass is 16.5. The van der Waals surface area contributed by atoms with Gasteiger partial charge in [0.15, 0.2) is 6.61 Å². The summed E-state index contributed by atoms with van der Waals surface area (Å²) in [6, 6.07) is 18.0. The van der Waals surface area contributed by atoms with Gasteiger partial charge >= 0.3 is 5.97 Å². The summed E-state index contributed by atoms with van der Waals surface area (Å²) in [5.41, 5.74) is 6.99. The van der Waals surface area contributed by atoms with Gasteiger partial charge in [0.1, 0.15) is 12.0 Å². The Balaban J connectivity index is 1.72. The zero-order chi connectivity index (χ0) is 19.9. The Morgan fingerprint density at radius 2 is 1.54 bits per heavy atom. The van der Waals surface area contributed by atoms with E-state index in [-0.39, 0.29) is 0 Å².